The van der Waals surface area contributed by atoms with E-state index in [-0.39, 0.29) is 23.7 Å². The lowest BCUT2D eigenvalue weighted by molar-refractivity contribution is -0.139. The number of aliphatic carboxylic acids is 1. The molecule has 0 saturated heterocycles. The van der Waals surface area contributed by atoms with Gasteiger partial charge >= 0.3 is 5.97 Å². The third kappa shape index (κ3) is 4.41. The molecule has 132 valence electrons. The summed E-state index contributed by atoms with van der Waals surface area (Å²) in [7, 11) is 2.80. The topological polar surface area (TPSA) is 105 Å². The monoisotopic (exact) mass is 345 g/mol. The quantitative estimate of drug-likeness (QED) is 0.707. The SMILES string of the molecule is COc1cc(O)cc(OC)c1CC(NC(=O)c1ccccc1)C(=O)O. The molecule has 3 N–H and O–H groups in total. The minimum absolute atomic E-state index is 0.0689. The first-order valence-electron chi connectivity index (χ1n) is 7.48. The Morgan fingerprint density at radius 2 is 1.64 bits per heavy atom. The lowest BCUT2D eigenvalue weighted by atomic mass is 10.0. The molecule has 0 saturated carbocycles. The Hall–Kier alpha value is -3.22. The van der Waals surface area contributed by atoms with E-state index in [0.717, 1.165) is 0 Å². The normalized spacial score (nSPS) is 11.4. The van der Waals surface area contributed by atoms with Crippen molar-refractivity contribution < 1.29 is 29.3 Å². The lowest BCUT2D eigenvalue weighted by Gasteiger charge is -2.19. The van der Waals surface area contributed by atoms with Crippen LogP contribution in [0.4, 0.5) is 0 Å². The average Bonchev–Trinajstić information content (AvgIpc) is 2.62. The first-order valence-corrected chi connectivity index (χ1v) is 7.48. The van der Waals surface area contributed by atoms with Crippen molar-refractivity contribution >= 4 is 11.9 Å². The molecule has 2 rings (SSSR count). The Morgan fingerprint density at radius 3 is 2.12 bits per heavy atom. The van der Waals surface area contributed by atoms with Gasteiger partial charge in [-0.1, -0.05) is 18.2 Å². The summed E-state index contributed by atoms with van der Waals surface area (Å²) in [6.45, 7) is 0. The molecule has 0 spiro atoms. The number of hydrogen-bond acceptors (Lipinski definition) is 5. The van der Waals surface area contributed by atoms with Crippen LogP contribution in [-0.4, -0.2) is 42.4 Å². The maximum absolute atomic E-state index is 12.2. The summed E-state index contributed by atoms with van der Waals surface area (Å²) < 4.78 is 10.4. The molecule has 7 nitrogen and oxygen atoms in total. The van der Waals surface area contributed by atoms with Crippen LogP contribution in [0.1, 0.15) is 15.9 Å². The average molecular weight is 345 g/mol. The summed E-state index contributed by atoms with van der Waals surface area (Å²) in [5.74, 6) is -1.21. The number of aromatic hydroxyl groups is 1. The van der Waals surface area contributed by atoms with E-state index in [1.807, 2.05) is 0 Å². The number of hydrogen-bond donors (Lipinski definition) is 3. The van der Waals surface area contributed by atoms with Crippen LogP contribution in [0.2, 0.25) is 0 Å². The molecule has 1 unspecified atom stereocenters. The van der Waals surface area contributed by atoms with Crippen molar-refractivity contribution in [3.05, 3.63) is 53.6 Å². The van der Waals surface area contributed by atoms with Gasteiger partial charge in [0.05, 0.1) is 14.2 Å². The third-order valence-corrected chi connectivity index (χ3v) is 3.64. The van der Waals surface area contributed by atoms with Gasteiger partial charge in [-0.3, -0.25) is 4.79 Å². The van der Waals surface area contributed by atoms with E-state index < -0.39 is 17.9 Å². The number of methoxy groups -OCH3 is 2. The highest BCUT2D eigenvalue weighted by Gasteiger charge is 2.25. The van der Waals surface area contributed by atoms with E-state index in [0.29, 0.717) is 11.1 Å². The van der Waals surface area contributed by atoms with Gasteiger partial charge < -0.3 is 25.0 Å². The van der Waals surface area contributed by atoms with Gasteiger partial charge in [0, 0.05) is 29.7 Å². The molecule has 0 aromatic heterocycles. The number of carboxylic acids is 1. The Morgan fingerprint density at radius 1 is 1.08 bits per heavy atom. The largest absolute Gasteiger partial charge is 0.508 e. The van der Waals surface area contributed by atoms with Crippen molar-refractivity contribution in [3.63, 3.8) is 0 Å². The van der Waals surface area contributed by atoms with E-state index in [9.17, 15) is 19.8 Å². The van der Waals surface area contributed by atoms with Crippen LogP contribution in [-0.2, 0) is 11.2 Å². The van der Waals surface area contributed by atoms with Crippen LogP contribution in [0.5, 0.6) is 17.2 Å². The minimum Gasteiger partial charge on any atom is -0.508 e. The summed E-state index contributed by atoms with van der Waals surface area (Å²) in [6.07, 6.45) is -0.0689. The molecule has 0 radical (unpaired) electrons. The van der Waals surface area contributed by atoms with Crippen molar-refractivity contribution in [1.82, 2.24) is 5.32 Å². The molecule has 0 fully saturated rings. The predicted molar refractivity (Wildman–Crippen MR) is 90.2 cm³/mol. The van der Waals surface area contributed by atoms with Gasteiger partial charge in [0.25, 0.3) is 5.91 Å². The number of nitrogens with one attached hydrogen (secondary N) is 1. The highest BCUT2D eigenvalue weighted by molar-refractivity contribution is 5.96. The van der Waals surface area contributed by atoms with Gasteiger partial charge in [-0.2, -0.15) is 0 Å². The smallest absolute Gasteiger partial charge is 0.326 e. The summed E-state index contributed by atoms with van der Waals surface area (Å²) in [6, 6.07) is 9.85. The molecule has 0 aliphatic rings. The zero-order valence-corrected chi connectivity index (χ0v) is 13.9. The molecule has 25 heavy (non-hydrogen) atoms. The number of carbonyl (C=O) groups is 2. The lowest BCUT2D eigenvalue weighted by Crippen LogP contribution is -2.42. The maximum Gasteiger partial charge on any atom is 0.326 e. The molecule has 2 aromatic carbocycles. The van der Waals surface area contributed by atoms with Crippen molar-refractivity contribution in [2.24, 2.45) is 0 Å². The highest BCUT2D eigenvalue weighted by atomic mass is 16.5. The van der Waals surface area contributed by atoms with Gasteiger partial charge in [-0.15, -0.1) is 0 Å². The van der Waals surface area contributed by atoms with Gasteiger partial charge in [-0.25, -0.2) is 4.79 Å². The zero-order chi connectivity index (χ0) is 18.4. The number of ether oxygens (including phenoxy) is 2. The Balaban J connectivity index is 2.28. The predicted octanol–water partition coefficient (Wildman–Crippen LogP) is 1.84. The molecular weight excluding hydrogens is 326 g/mol. The molecule has 0 aliphatic heterocycles. The Kier molecular flexibility index (Phi) is 5.84. The fourth-order valence-electron chi connectivity index (χ4n) is 2.41. The number of benzene rings is 2. The maximum atomic E-state index is 12.2. The molecule has 0 bridgehead atoms. The second-order valence-electron chi connectivity index (χ2n) is 5.26. The first kappa shape index (κ1) is 18.1. The summed E-state index contributed by atoms with van der Waals surface area (Å²) >= 11 is 0. The summed E-state index contributed by atoms with van der Waals surface area (Å²) in [5, 5.41) is 21.6. The van der Waals surface area contributed by atoms with Crippen LogP contribution in [0.25, 0.3) is 0 Å². The molecule has 1 amide bonds. The summed E-state index contributed by atoms with van der Waals surface area (Å²) in [4.78, 5) is 23.8. The number of phenolic OH excluding ortho intramolecular Hbond substituents is 1. The van der Waals surface area contributed by atoms with Gasteiger partial charge in [0.2, 0.25) is 0 Å². The van der Waals surface area contributed by atoms with Crippen LogP contribution < -0.4 is 14.8 Å². The third-order valence-electron chi connectivity index (χ3n) is 3.64. The molecule has 0 heterocycles. The number of rotatable bonds is 7. The standard InChI is InChI=1S/C18H19NO6/c1-24-15-8-12(20)9-16(25-2)13(15)10-14(18(22)23)19-17(21)11-6-4-3-5-7-11/h3-9,14,20H,10H2,1-2H3,(H,19,21)(H,22,23). The molecule has 7 heteroatoms. The Labute approximate surface area is 144 Å². The van der Waals surface area contributed by atoms with E-state index in [4.69, 9.17) is 9.47 Å². The van der Waals surface area contributed by atoms with Crippen LogP contribution in [0.15, 0.2) is 42.5 Å². The molecule has 1 atom stereocenters. The fraction of sp³-hybridized carbons (Fsp3) is 0.222. The van der Waals surface area contributed by atoms with Gasteiger partial charge in [0.1, 0.15) is 23.3 Å². The fourth-order valence-corrected chi connectivity index (χ4v) is 2.41. The van der Waals surface area contributed by atoms with E-state index in [1.54, 1.807) is 30.3 Å². The molecule has 2 aromatic rings. The number of carboxylic acid groups (broad SMARTS) is 1. The van der Waals surface area contributed by atoms with Gasteiger partial charge in [-0.05, 0) is 12.1 Å². The number of amides is 1. The van der Waals surface area contributed by atoms with E-state index in [1.165, 1.54) is 26.4 Å². The minimum atomic E-state index is -1.19. The van der Waals surface area contributed by atoms with Crippen molar-refractivity contribution in [2.45, 2.75) is 12.5 Å². The van der Waals surface area contributed by atoms with Crippen molar-refractivity contribution in [3.8, 4) is 17.2 Å². The van der Waals surface area contributed by atoms with E-state index in [2.05, 4.69) is 5.32 Å². The second kappa shape index (κ2) is 8.05. The van der Waals surface area contributed by atoms with E-state index >= 15 is 0 Å². The summed E-state index contributed by atoms with van der Waals surface area (Å²) in [5.41, 5.74) is 0.793. The number of phenols is 1. The number of carbonyl (C=O) groups excluding carboxylic acids is 1. The zero-order valence-electron chi connectivity index (χ0n) is 13.9. The first-order chi connectivity index (χ1) is 12.0. The molecule has 0 aliphatic carbocycles. The van der Waals surface area contributed by atoms with Crippen molar-refractivity contribution in [1.29, 1.82) is 0 Å². The Bertz CT molecular complexity index is 734. The van der Waals surface area contributed by atoms with Crippen LogP contribution in [0, 0.1) is 0 Å². The molecular formula is C18H19NO6. The van der Waals surface area contributed by atoms with Crippen molar-refractivity contribution in [2.75, 3.05) is 14.2 Å². The highest BCUT2D eigenvalue weighted by Crippen LogP contribution is 2.34. The van der Waals surface area contributed by atoms with Gasteiger partial charge in [0.15, 0.2) is 0 Å². The second-order valence-corrected chi connectivity index (χ2v) is 5.26. The van der Waals surface area contributed by atoms with Crippen LogP contribution >= 0.6 is 0 Å². The van der Waals surface area contributed by atoms with Crippen LogP contribution in [0.3, 0.4) is 0 Å².